The largest absolute Gasteiger partial charge is 0.497 e. The van der Waals surface area contributed by atoms with Crippen molar-refractivity contribution in [2.75, 3.05) is 7.11 Å². The quantitative estimate of drug-likeness (QED) is 0.877. The second kappa shape index (κ2) is 5.25. The molecule has 2 amide bonds. The summed E-state index contributed by atoms with van der Waals surface area (Å²) in [5, 5.41) is 2.36. The third-order valence-corrected chi connectivity index (χ3v) is 3.35. The number of ether oxygens (including phenoxy) is 1. The van der Waals surface area contributed by atoms with Crippen molar-refractivity contribution in [3.8, 4) is 5.75 Å². The van der Waals surface area contributed by atoms with Crippen molar-refractivity contribution in [1.82, 2.24) is 5.32 Å². The molecule has 0 saturated carbocycles. The number of hydrogen-bond acceptors (Lipinski definition) is 3. The van der Waals surface area contributed by atoms with E-state index in [9.17, 15) is 9.59 Å². The maximum Gasteiger partial charge on any atom is 0.259 e. The van der Waals surface area contributed by atoms with Crippen LogP contribution in [-0.4, -0.2) is 18.9 Å². The van der Waals surface area contributed by atoms with Crippen molar-refractivity contribution in [3.63, 3.8) is 0 Å². The molecule has 0 unspecified atom stereocenters. The lowest BCUT2D eigenvalue weighted by molar-refractivity contribution is -0.122. The zero-order chi connectivity index (χ0) is 14.8. The first-order chi connectivity index (χ1) is 10.2. The molecule has 1 N–H and O–H groups in total. The van der Waals surface area contributed by atoms with Crippen LogP contribution in [0.2, 0.25) is 0 Å². The van der Waals surface area contributed by atoms with Gasteiger partial charge in [-0.2, -0.15) is 0 Å². The molecule has 0 aromatic heterocycles. The van der Waals surface area contributed by atoms with Gasteiger partial charge in [-0.1, -0.05) is 42.5 Å². The van der Waals surface area contributed by atoms with E-state index < -0.39 is 0 Å². The standard InChI is InChI=1S/C17H13NO3/c1-21-13-9-5-8-12(10-13)15-14(16(19)18-17(15)20)11-6-3-2-4-7-11/h2-10H,1H3,(H,18,19,20). The van der Waals surface area contributed by atoms with Crippen molar-refractivity contribution >= 4 is 23.0 Å². The molecule has 1 heterocycles. The Bertz CT molecular complexity index is 748. The summed E-state index contributed by atoms with van der Waals surface area (Å²) in [6.45, 7) is 0. The molecule has 0 atom stereocenters. The number of carbonyl (C=O) groups excluding carboxylic acids is 2. The van der Waals surface area contributed by atoms with E-state index in [2.05, 4.69) is 5.32 Å². The second-order valence-electron chi connectivity index (χ2n) is 4.63. The van der Waals surface area contributed by atoms with Gasteiger partial charge in [-0.3, -0.25) is 14.9 Å². The molecule has 3 rings (SSSR count). The third kappa shape index (κ3) is 2.31. The fourth-order valence-electron chi connectivity index (χ4n) is 2.39. The number of carbonyl (C=O) groups is 2. The molecule has 0 radical (unpaired) electrons. The number of benzene rings is 2. The summed E-state index contributed by atoms with van der Waals surface area (Å²) >= 11 is 0. The summed E-state index contributed by atoms with van der Waals surface area (Å²) < 4.78 is 5.18. The number of nitrogens with one attached hydrogen (secondary N) is 1. The summed E-state index contributed by atoms with van der Waals surface area (Å²) in [7, 11) is 1.56. The van der Waals surface area contributed by atoms with Crippen LogP contribution in [-0.2, 0) is 9.59 Å². The average Bonchev–Trinajstić information content (AvgIpc) is 2.82. The van der Waals surface area contributed by atoms with Gasteiger partial charge in [0.2, 0.25) is 0 Å². The fraction of sp³-hybridized carbons (Fsp3) is 0.0588. The molecule has 0 fully saturated rings. The van der Waals surface area contributed by atoms with Crippen LogP contribution in [0.25, 0.3) is 11.1 Å². The highest BCUT2D eigenvalue weighted by Gasteiger charge is 2.32. The van der Waals surface area contributed by atoms with Crippen molar-refractivity contribution in [2.45, 2.75) is 0 Å². The Morgan fingerprint density at radius 1 is 0.810 bits per heavy atom. The van der Waals surface area contributed by atoms with Gasteiger partial charge in [0.25, 0.3) is 11.8 Å². The summed E-state index contributed by atoms with van der Waals surface area (Å²) in [5.41, 5.74) is 2.16. The van der Waals surface area contributed by atoms with Crippen LogP contribution in [0.5, 0.6) is 5.75 Å². The maximum atomic E-state index is 12.1. The van der Waals surface area contributed by atoms with E-state index in [0.29, 0.717) is 22.5 Å². The zero-order valence-corrected chi connectivity index (χ0v) is 11.4. The molecule has 0 spiro atoms. The van der Waals surface area contributed by atoms with Crippen LogP contribution in [0, 0.1) is 0 Å². The van der Waals surface area contributed by atoms with Crippen molar-refractivity contribution in [3.05, 3.63) is 65.7 Å². The van der Waals surface area contributed by atoms with E-state index in [1.807, 2.05) is 30.3 Å². The highest BCUT2D eigenvalue weighted by Crippen LogP contribution is 2.32. The monoisotopic (exact) mass is 279 g/mol. The Morgan fingerprint density at radius 2 is 1.43 bits per heavy atom. The minimum absolute atomic E-state index is 0.371. The molecular weight excluding hydrogens is 266 g/mol. The van der Waals surface area contributed by atoms with E-state index in [0.717, 1.165) is 5.56 Å². The molecule has 2 aromatic rings. The number of rotatable bonds is 3. The topological polar surface area (TPSA) is 55.4 Å². The summed E-state index contributed by atoms with van der Waals surface area (Å²) in [6, 6.07) is 16.3. The molecular formula is C17H13NO3. The Hall–Kier alpha value is -2.88. The van der Waals surface area contributed by atoms with Gasteiger partial charge in [0.05, 0.1) is 18.3 Å². The van der Waals surface area contributed by atoms with Gasteiger partial charge >= 0.3 is 0 Å². The first kappa shape index (κ1) is 13.1. The van der Waals surface area contributed by atoms with Crippen molar-refractivity contribution in [1.29, 1.82) is 0 Å². The molecule has 104 valence electrons. The van der Waals surface area contributed by atoms with Crippen LogP contribution in [0.1, 0.15) is 11.1 Å². The molecule has 0 saturated heterocycles. The lowest BCUT2D eigenvalue weighted by Crippen LogP contribution is -2.22. The molecule has 0 bridgehead atoms. The number of hydrogen-bond donors (Lipinski definition) is 1. The van der Waals surface area contributed by atoms with Crippen LogP contribution in [0.15, 0.2) is 54.6 Å². The van der Waals surface area contributed by atoms with Gasteiger partial charge in [0.1, 0.15) is 5.75 Å². The Labute approximate surface area is 122 Å². The predicted molar refractivity (Wildman–Crippen MR) is 79.4 cm³/mol. The molecule has 0 aliphatic carbocycles. The smallest absolute Gasteiger partial charge is 0.259 e. The maximum absolute atomic E-state index is 12.1. The summed E-state index contributed by atoms with van der Waals surface area (Å²) in [6.07, 6.45) is 0. The van der Waals surface area contributed by atoms with Gasteiger partial charge in [0, 0.05) is 0 Å². The van der Waals surface area contributed by atoms with Gasteiger partial charge in [-0.15, -0.1) is 0 Å². The normalized spacial score (nSPS) is 14.3. The molecule has 4 heteroatoms. The van der Waals surface area contributed by atoms with Gasteiger partial charge in [-0.25, -0.2) is 0 Å². The SMILES string of the molecule is COc1cccc(C2=C(c3ccccc3)C(=O)NC2=O)c1. The van der Waals surface area contributed by atoms with Crippen molar-refractivity contribution in [2.24, 2.45) is 0 Å². The minimum Gasteiger partial charge on any atom is -0.497 e. The van der Waals surface area contributed by atoms with Gasteiger partial charge < -0.3 is 4.74 Å². The summed E-state index contributed by atoms with van der Waals surface area (Å²) in [4.78, 5) is 24.2. The molecule has 2 aromatic carbocycles. The number of imide groups is 1. The van der Waals surface area contributed by atoms with Gasteiger partial charge in [0.15, 0.2) is 0 Å². The Morgan fingerprint density at radius 3 is 2.10 bits per heavy atom. The van der Waals surface area contributed by atoms with Crippen LogP contribution in [0.4, 0.5) is 0 Å². The predicted octanol–water partition coefficient (Wildman–Crippen LogP) is 2.26. The van der Waals surface area contributed by atoms with Crippen molar-refractivity contribution < 1.29 is 14.3 Å². The van der Waals surface area contributed by atoms with Crippen LogP contribution < -0.4 is 10.1 Å². The number of amides is 2. The van der Waals surface area contributed by atoms with Crippen LogP contribution >= 0.6 is 0 Å². The summed E-state index contributed by atoms with van der Waals surface area (Å²) in [5.74, 6) is -0.115. The molecule has 1 aliphatic heterocycles. The highest BCUT2D eigenvalue weighted by molar-refractivity contribution is 6.49. The van der Waals surface area contributed by atoms with E-state index >= 15 is 0 Å². The third-order valence-electron chi connectivity index (χ3n) is 3.35. The lowest BCUT2D eigenvalue weighted by Gasteiger charge is -2.06. The molecule has 4 nitrogen and oxygen atoms in total. The zero-order valence-electron chi connectivity index (χ0n) is 11.4. The molecule has 21 heavy (non-hydrogen) atoms. The van der Waals surface area contributed by atoms with E-state index in [4.69, 9.17) is 4.74 Å². The number of methoxy groups -OCH3 is 1. The van der Waals surface area contributed by atoms with Gasteiger partial charge in [-0.05, 0) is 23.3 Å². The van der Waals surface area contributed by atoms with Crippen LogP contribution in [0.3, 0.4) is 0 Å². The first-order valence-corrected chi connectivity index (χ1v) is 6.50. The molecule has 1 aliphatic rings. The van der Waals surface area contributed by atoms with E-state index in [1.165, 1.54) is 0 Å². The highest BCUT2D eigenvalue weighted by atomic mass is 16.5. The minimum atomic E-state index is -0.382. The van der Waals surface area contributed by atoms with E-state index in [1.54, 1.807) is 31.4 Å². The Balaban J connectivity index is 2.21. The Kier molecular flexibility index (Phi) is 3.28. The first-order valence-electron chi connectivity index (χ1n) is 6.50. The second-order valence-corrected chi connectivity index (χ2v) is 4.63. The fourth-order valence-corrected chi connectivity index (χ4v) is 2.39. The average molecular weight is 279 g/mol. The van der Waals surface area contributed by atoms with E-state index in [-0.39, 0.29) is 11.8 Å². The lowest BCUT2D eigenvalue weighted by atomic mass is 9.96.